The van der Waals surface area contributed by atoms with Gasteiger partial charge in [0.15, 0.2) is 0 Å². The fourth-order valence-corrected chi connectivity index (χ4v) is 1.51. The lowest BCUT2D eigenvalue weighted by Crippen LogP contribution is -2.37. The highest BCUT2D eigenvalue weighted by atomic mass is 79.9. The first-order valence-electron chi connectivity index (χ1n) is 5.06. The Balaban J connectivity index is 2.72. The molecule has 1 aromatic carbocycles. The fraction of sp³-hybridized carbons (Fsp3) is 0.167. The molecular formula is C12H11BrFNO3. The molecule has 0 saturated heterocycles. The summed E-state index contributed by atoms with van der Waals surface area (Å²) in [7, 11) is 0. The Hall–Kier alpha value is -1.69. The Bertz CT molecular complexity index is 502. The van der Waals surface area contributed by atoms with Crippen LogP contribution in [0.25, 0.3) is 6.08 Å². The van der Waals surface area contributed by atoms with E-state index in [1.165, 1.54) is 25.1 Å². The maximum atomic E-state index is 13.3. The highest BCUT2D eigenvalue weighted by molar-refractivity contribution is 9.10. The Kier molecular flexibility index (Phi) is 5.03. The molecule has 0 fully saturated rings. The van der Waals surface area contributed by atoms with Crippen molar-refractivity contribution in [1.29, 1.82) is 0 Å². The number of carbonyl (C=O) groups excluding carboxylic acids is 1. The molecule has 0 radical (unpaired) electrons. The van der Waals surface area contributed by atoms with Crippen LogP contribution in [0.15, 0.2) is 28.7 Å². The molecule has 1 amide bonds. The van der Waals surface area contributed by atoms with Crippen LogP contribution in [-0.2, 0) is 9.59 Å². The van der Waals surface area contributed by atoms with Crippen LogP contribution in [0.5, 0.6) is 0 Å². The molecule has 0 aliphatic heterocycles. The van der Waals surface area contributed by atoms with Gasteiger partial charge >= 0.3 is 5.97 Å². The minimum absolute atomic E-state index is 0.238. The first kappa shape index (κ1) is 14.4. The Labute approximate surface area is 112 Å². The monoisotopic (exact) mass is 315 g/mol. The minimum atomic E-state index is -1.13. The third kappa shape index (κ3) is 4.29. The molecule has 1 atom stereocenters. The standard InChI is InChI=1S/C12H11BrFNO3/c1-7(12(17)18)15-11(16)5-2-8-6-9(13)3-4-10(8)14/h2-7H,1H3,(H,15,16)(H,17,18)/b5-2+. The fourth-order valence-electron chi connectivity index (χ4n) is 1.13. The van der Waals surface area contributed by atoms with Crippen LogP contribution < -0.4 is 5.32 Å². The zero-order chi connectivity index (χ0) is 13.7. The van der Waals surface area contributed by atoms with Gasteiger partial charge in [0.25, 0.3) is 0 Å². The van der Waals surface area contributed by atoms with E-state index in [4.69, 9.17) is 5.11 Å². The average Bonchev–Trinajstić information content (AvgIpc) is 2.30. The summed E-state index contributed by atoms with van der Waals surface area (Å²) in [5.41, 5.74) is 0.238. The van der Waals surface area contributed by atoms with E-state index in [2.05, 4.69) is 21.2 Å². The molecule has 2 N–H and O–H groups in total. The van der Waals surface area contributed by atoms with Crippen molar-refractivity contribution in [2.75, 3.05) is 0 Å². The summed E-state index contributed by atoms with van der Waals surface area (Å²) < 4.78 is 14.0. The number of carboxylic acids is 1. The van der Waals surface area contributed by atoms with Crippen LogP contribution in [0.2, 0.25) is 0 Å². The van der Waals surface area contributed by atoms with Gasteiger partial charge in [0, 0.05) is 16.1 Å². The second-order valence-electron chi connectivity index (χ2n) is 3.57. The number of halogens is 2. The van der Waals surface area contributed by atoms with Crippen LogP contribution in [0.1, 0.15) is 12.5 Å². The first-order valence-corrected chi connectivity index (χ1v) is 5.86. The minimum Gasteiger partial charge on any atom is -0.480 e. The lowest BCUT2D eigenvalue weighted by Gasteiger charge is -2.06. The van der Waals surface area contributed by atoms with Crippen LogP contribution >= 0.6 is 15.9 Å². The van der Waals surface area contributed by atoms with E-state index in [1.54, 1.807) is 6.07 Å². The molecule has 0 aliphatic carbocycles. The lowest BCUT2D eigenvalue weighted by atomic mass is 10.2. The number of benzene rings is 1. The molecule has 96 valence electrons. The smallest absolute Gasteiger partial charge is 0.325 e. The van der Waals surface area contributed by atoms with Gasteiger partial charge in [-0.05, 0) is 31.2 Å². The van der Waals surface area contributed by atoms with Gasteiger partial charge in [-0.2, -0.15) is 0 Å². The lowest BCUT2D eigenvalue weighted by molar-refractivity contribution is -0.140. The second kappa shape index (κ2) is 6.30. The summed E-state index contributed by atoms with van der Waals surface area (Å²) in [6, 6.07) is 3.33. The van der Waals surface area contributed by atoms with Crippen molar-refractivity contribution in [3.05, 3.63) is 40.1 Å². The van der Waals surface area contributed by atoms with Crippen molar-refractivity contribution in [2.45, 2.75) is 13.0 Å². The summed E-state index contributed by atoms with van der Waals surface area (Å²) in [4.78, 5) is 21.8. The predicted octanol–water partition coefficient (Wildman–Crippen LogP) is 2.19. The topological polar surface area (TPSA) is 66.4 Å². The SMILES string of the molecule is CC(NC(=O)/C=C/c1cc(Br)ccc1F)C(=O)O. The highest BCUT2D eigenvalue weighted by Crippen LogP contribution is 2.16. The van der Waals surface area contributed by atoms with E-state index in [0.717, 1.165) is 6.08 Å². The van der Waals surface area contributed by atoms with Crippen LogP contribution in [0, 0.1) is 5.82 Å². The Morgan fingerprint density at radius 3 is 2.78 bits per heavy atom. The summed E-state index contributed by atoms with van der Waals surface area (Å²) in [6.07, 6.45) is 2.37. The third-order valence-electron chi connectivity index (χ3n) is 2.10. The zero-order valence-corrected chi connectivity index (χ0v) is 11.1. The number of hydrogen-bond donors (Lipinski definition) is 2. The molecule has 4 nitrogen and oxygen atoms in total. The quantitative estimate of drug-likeness (QED) is 0.837. The number of amides is 1. The number of carboxylic acid groups (broad SMARTS) is 1. The van der Waals surface area contributed by atoms with Crippen molar-refractivity contribution >= 4 is 33.9 Å². The van der Waals surface area contributed by atoms with E-state index in [1.807, 2.05) is 0 Å². The Morgan fingerprint density at radius 2 is 2.17 bits per heavy atom. The molecule has 0 saturated carbocycles. The first-order chi connectivity index (χ1) is 8.40. The van der Waals surface area contributed by atoms with E-state index < -0.39 is 23.7 Å². The molecular weight excluding hydrogens is 305 g/mol. The molecule has 1 unspecified atom stereocenters. The predicted molar refractivity (Wildman–Crippen MR) is 68.4 cm³/mol. The average molecular weight is 316 g/mol. The molecule has 1 rings (SSSR count). The second-order valence-corrected chi connectivity index (χ2v) is 4.48. The third-order valence-corrected chi connectivity index (χ3v) is 2.59. The Morgan fingerprint density at radius 1 is 1.50 bits per heavy atom. The van der Waals surface area contributed by atoms with Gasteiger partial charge in [0.1, 0.15) is 11.9 Å². The van der Waals surface area contributed by atoms with E-state index in [-0.39, 0.29) is 5.56 Å². The molecule has 0 aromatic heterocycles. The normalized spacial score (nSPS) is 12.4. The van der Waals surface area contributed by atoms with Crippen LogP contribution in [0.4, 0.5) is 4.39 Å². The summed E-state index contributed by atoms with van der Waals surface area (Å²) >= 11 is 3.18. The van der Waals surface area contributed by atoms with Gasteiger partial charge in [-0.25, -0.2) is 4.39 Å². The van der Waals surface area contributed by atoms with Gasteiger partial charge < -0.3 is 10.4 Å². The van der Waals surface area contributed by atoms with E-state index in [9.17, 15) is 14.0 Å². The van der Waals surface area contributed by atoms with Gasteiger partial charge in [0.2, 0.25) is 5.91 Å². The van der Waals surface area contributed by atoms with Gasteiger partial charge in [-0.15, -0.1) is 0 Å². The number of aliphatic carboxylic acids is 1. The van der Waals surface area contributed by atoms with Crippen molar-refractivity contribution in [1.82, 2.24) is 5.32 Å². The van der Waals surface area contributed by atoms with Crippen molar-refractivity contribution < 1.29 is 19.1 Å². The van der Waals surface area contributed by atoms with Crippen molar-refractivity contribution in [3.63, 3.8) is 0 Å². The number of hydrogen-bond acceptors (Lipinski definition) is 2. The summed E-state index contributed by atoms with van der Waals surface area (Å²) in [6.45, 7) is 1.34. The molecule has 1 aromatic rings. The number of carbonyl (C=O) groups is 2. The van der Waals surface area contributed by atoms with Gasteiger partial charge in [0.05, 0.1) is 0 Å². The summed E-state index contributed by atoms with van der Waals surface area (Å²) in [5.74, 6) is -2.19. The molecule has 0 bridgehead atoms. The largest absolute Gasteiger partial charge is 0.480 e. The molecule has 6 heteroatoms. The molecule has 0 aliphatic rings. The summed E-state index contributed by atoms with van der Waals surface area (Å²) in [5, 5.41) is 10.8. The highest BCUT2D eigenvalue weighted by Gasteiger charge is 2.11. The van der Waals surface area contributed by atoms with Crippen LogP contribution in [-0.4, -0.2) is 23.0 Å². The van der Waals surface area contributed by atoms with Gasteiger partial charge in [-0.3, -0.25) is 9.59 Å². The van der Waals surface area contributed by atoms with Gasteiger partial charge in [-0.1, -0.05) is 15.9 Å². The number of nitrogens with one attached hydrogen (secondary N) is 1. The maximum Gasteiger partial charge on any atom is 0.325 e. The molecule has 18 heavy (non-hydrogen) atoms. The molecule has 0 spiro atoms. The van der Waals surface area contributed by atoms with E-state index in [0.29, 0.717) is 4.47 Å². The zero-order valence-electron chi connectivity index (χ0n) is 9.48. The molecule has 0 heterocycles. The van der Waals surface area contributed by atoms with Crippen molar-refractivity contribution in [2.24, 2.45) is 0 Å². The maximum absolute atomic E-state index is 13.3. The van der Waals surface area contributed by atoms with Crippen LogP contribution in [0.3, 0.4) is 0 Å². The van der Waals surface area contributed by atoms with Crippen molar-refractivity contribution in [3.8, 4) is 0 Å². The van der Waals surface area contributed by atoms with E-state index >= 15 is 0 Å². The number of rotatable bonds is 4.